The molecule has 2 N–H and O–H groups in total. The van der Waals surface area contributed by atoms with Crippen LogP contribution in [-0.2, 0) is 11.8 Å². The Morgan fingerprint density at radius 3 is 2.61 bits per heavy atom. The van der Waals surface area contributed by atoms with Crippen molar-refractivity contribution in [3.63, 3.8) is 0 Å². The number of nitrogens with zero attached hydrogens (tertiary/aromatic N) is 2. The van der Waals surface area contributed by atoms with Gasteiger partial charge in [0.25, 0.3) is 5.91 Å². The van der Waals surface area contributed by atoms with Crippen molar-refractivity contribution in [2.75, 3.05) is 0 Å². The van der Waals surface area contributed by atoms with Crippen LogP contribution < -0.4 is 5.32 Å². The highest BCUT2D eigenvalue weighted by Gasteiger charge is 2.23. The first-order valence-electron chi connectivity index (χ1n) is 7.65. The lowest BCUT2D eigenvalue weighted by Crippen LogP contribution is -2.40. The second-order valence-corrected chi connectivity index (χ2v) is 5.44. The van der Waals surface area contributed by atoms with E-state index in [-0.39, 0.29) is 0 Å². The Labute approximate surface area is 135 Å². The van der Waals surface area contributed by atoms with Gasteiger partial charge in [-0.1, -0.05) is 50.1 Å². The normalized spacial score (nSPS) is 11.9. The average Bonchev–Trinajstić information content (AvgIpc) is 2.94. The predicted molar refractivity (Wildman–Crippen MR) is 87.1 cm³/mol. The van der Waals surface area contributed by atoms with Crippen LogP contribution in [0.4, 0.5) is 0 Å². The van der Waals surface area contributed by atoms with Gasteiger partial charge in [-0.3, -0.25) is 9.48 Å². The number of carbonyl (C=O) groups is 2. The molecule has 23 heavy (non-hydrogen) atoms. The van der Waals surface area contributed by atoms with Gasteiger partial charge in [0.05, 0.1) is 5.56 Å². The molecule has 0 aliphatic rings. The van der Waals surface area contributed by atoms with Crippen LogP contribution >= 0.6 is 0 Å². The number of aryl methyl sites for hydroxylation is 1. The smallest absolute Gasteiger partial charge is 0.326 e. The van der Waals surface area contributed by atoms with E-state index in [9.17, 15) is 14.7 Å². The van der Waals surface area contributed by atoms with E-state index in [1.54, 1.807) is 17.9 Å². The van der Waals surface area contributed by atoms with Crippen molar-refractivity contribution in [1.82, 2.24) is 15.1 Å². The molecule has 0 aliphatic carbocycles. The lowest BCUT2D eigenvalue weighted by atomic mass is 10.1. The number of benzene rings is 1. The zero-order valence-electron chi connectivity index (χ0n) is 13.3. The Bertz CT molecular complexity index is 680. The maximum absolute atomic E-state index is 12.5. The van der Waals surface area contributed by atoms with Crippen molar-refractivity contribution in [3.8, 4) is 11.3 Å². The molecule has 2 aromatic rings. The summed E-state index contributed by atoms with van der Waals surface area (Å²) in [7, 11) is 1.73. The minimum absolute atomic E-state index is 0.376. The fraction of sp³-hybridized carbons (Fsp3) is 0.353. The number of hydrogen-bond donors (Lipinski definition) is 2. The number of carboxylic acids is 1. The van der Waals surface area contributed by atoms with Crippen molar-refractivity contribution >= 4 is 11.9 Å². The molecule has 1 heterocycles. The molecular formula is C17H21N3O3. The third-order valence-corrected chi connectivity index (χ3v) is 3.57. The summed E-state index contributed by atoms with van der Waals surface area (Å²) in [4.78, 5) is 23.8. The molecule has 0 spiro atoms. The standard InChI is InChI=1S/C17H21N3O3/c1-3-4-10-14(17(22)23)18-16(21)13-11-20(2)19-15(13)12-8-6-5-7-9-12/h5-9,11,14H,3-4,10H2,1-2H3,(H,18,21)(H,22,23)/t14-/m0/s1. The summed E-state index contributed by atoms with van der Waals surface area (Å²) in [5.74, 6) is -1.43. The number of aliphatic carboxylic acids is 1. The maximum atomic E-state index is 12.5. The Kier molecular flexibility index (Phi) is 5.51. The number of aromatic nitrogens is 2. The topological polar surface area (TPSA) is 84.2 Å². The summed E-state index contributed by atoms with van der Waals surface area (Å²) in [5.41, 5.74) is 1.74. The zero-order valence-corrected chi connectivity index (χ0v) is 13.3. The van der Waals surface area contributed by atoms with Gasteiger partial charge in [0.1, 0.15) is 11.7 Å². The Balaban J connectivity index is 2.24. The van der Waals surface area contributed by atoms with E-state index in [1.807, 2.05) is 37.3 Å². The monoisotopic (exact) mass is 315 g/mol. The summed E-state index contributed by atoms with van der Waals surface area (Å²) < 4.78 is 1.55. The SMILES string of the molecule is CCCC[C@H](NC(=O)c1cn(C)nc1-c1ccccc1)C(=O)O. The zero-order chi connectivity index (χ0) is 16.8. The van der Waals surface area contributed by atoms with Crippen LogP contribution in [0.15, 0.2) is 36.5 Å². The van der Waals surface area contributed by atoms with E-state index in [0.29, 0.717) is 17.7 Å². The molecule has 6 heteroatoms. The third kappa shape index (κ3) is 4.18. The number of rotatable bonds is 7. The highest BCUT2D eigenvalue weighted by molar-refractivity contribution is 6.01. The molecular weight excluding hydrogens is 294 g/mol. The molecule has 122 valence electrons. The minimum Gasteiger partial charge on any atom is -0.480 e. The van der Waals surface area contributed by atoms with Crippen LogP contribution in [0, 0.1) is 0 Å². The first-order chi connectivity index (χ1) is 11.0. The highest BCUT2D eigenvalue weighted by Crippen LogP contribution is 2.21. The van der Waals surface area contributed by atoms with Crippen LogP contribution in [0.1, 0.15) is 36.5 Å². The van der Waals surface area contributed by atoms with Gasteiger partial charge in [-0.2, -0.15) is 5.10 Å². The molecule has 2 rings (SSSR count). The predicted octanol–water partition coefficient (Wildman–Crippen LogP) is 2.46. The van der Waals surface area contributed by atoms with Crippen LogP contribution in [0.25, 0.3) is 11.3 Å². The molecule has 0 unspecified atom stereocenters. The third-order valence-electron chi connectivity index (χ3n) is 3.57. The molecule has 0 radical (unpaired) electrons. The van der Waals surface area contributed by atoms with Gasteiger partial charge >= 0.3 is 5.97 Å². The molecule has 0 bridgehead atoms. The Hall–Kier alpha value is -2.63. The van der Waals surface area contributed by atoms with Crippen molar-refractivity contribution in [1.29, 1.82) is 0 Å². The van der Waals surface area contributed by atoms with E-state index in [0.717, 1.165) is 18.4 Å². The molecule has 0 aliphatic heterocycles. The number of carbonyl (C=O) groups excluding carboxylic acids is 1. The molecule has 0 saturated carbocycles. The van der Waals surface area contributed by atoms with Crippen LogP contribution in [0.5, 0.6) is 0 Å². The van der Waals surface area contributed by atoms with Crippen LogP contribution in [-0.4, -0.2) is 32.8 Å². The van der Waals surface area contributed by atoms with Crippen molar-refractivity contribution < 1.29 is 14.7 Å². The van der Waals surface area contributed by atoms with Crippen molar-refractivity contribution in [3.05, 3.63) is 42.1 Å². The fourth-order valence-electron chi connectivity index (χ4n) is 2.37. The molecule has 6 nitrogen and oxygen atoms in total. The lowest BCUT2D eigenvalue weighted by Gasteiger charge is -2.14. The van der Waals surface area contributed by atoms with Gasteiger partial charge in [-0.05, 0) is 6.42 Å². The van der Waals surface area contributed by atoms with E-state index in [4.69, 9.17) is 0 Å². The average molecular weight is 315 g/mol. The van der Waals surface area contributed by atoms with Gasteiger partial charge < -0.3 is 10.4 Å². The van der Waals surface area contributed by atoms with E-state index in [2.05, 4.69) is 10.4 Å². The van der Waals surface area contributed by atoms with Crippen LogP contribution in [0.2, 0.25) is 0 Å². The largest absolute Gasteiger partial charge is 0.480 e. The summed E-state index contributed by atoms with van der Waals surface area (Å²) in [5, 5.41) is 16.2. The van der Waals surface area contributed by atoms with Crippen molar-refractivity contribution in [2.45, 2.75) is 32.2 Å². The number of amides is 1. The van der Waals surface area contributed by atoms with Gasteiger partial charge in [0, 0.05) is 18.8 Å². The minimum atomic E-state index is -1.02. The first kappa shape index (κ1) is 16.7. The molecule has 0 fully saturated rings. The quantitative estimate of drug-likeness (QED) is 0.822. The van der Waals surface area contributed by atoms with E-state index < -0.39 is 17.9 Å². The van der Waals surface area contributed by atoms with Gasteiger partial charge in [0.15, 0.2) is 0 Å². The molecule has 1 aromatic carbocycles. The second-order valence-electron chi connectivity index (χ2n) is 5.44. The van der Waals surface area contributed by atoms with Gasteiger partial charge in [-0.15, -0.1) is 0 Å². The molecule has 1 aromatic heterocycles. The summed E-state index contributed by atoms with van der Waals surface area (Å²) in [6.45, 7) is 1.98. The molecule has 0 saturated heterocycles. The number of nitrogens with one attached hydrogen (secondary N) is 1. The summed E-state index contributed by atoms with van der Waals surface area (Å²) >= 11 is 0. The lowest BCUT2D eigenvalue weighted by molar-refractivity contribution is -0.139. The number of hydrogen-bond acceptors (Lipinski definition) is 3. The number of unbranched alkanes of at least 4 members (excludes halogenated alkanes) is 1. The van der Waals surface area contributed by atoms with Gasteiger partial charge in [0.2, 0.25) is 0 Å². The molecule has 1 amide bonds. The Morgan fingerprint density at radius 1 is 1.30 bits per heavy atom. The first-order valence-corrected chi connectivity index (χ1v) is 7.65. The second kappa shape index (κ2) is 7.58. The van der Waals surface area contributed by atoms with Crippen LogP contribution in [0.3, 0.4) is 0 Å². The summed E-state index contributed by atoms with van der Waals surface area (Å²) in [6.07, 6.45) is 3.65. The van der Waals surface area contributed by atoms with E-state index >= 15 is 0 Å². The van der Waals surface area contributed by atoms with Crippen molar-refractivity contribution in [2.24, 2.45) is 7.05 Å². The highest BCUT2D eigenvalue weighted by atomic mass is 16.4. The fourth-order valence-corrected chi connectivity index (χ4v) is 2.37. The van der Waals surface area contributed by atoms with Gasteiger partial charge in [-0.25, -0.2) is 4.79 Å². The van der Waals surface area contributed by atoms with E-state index in [1.165, 1.54) is 0 Å². The molecule has 1 atom stereocenters. The number of carboxylic acid groups (broad SMARTS) is 1. The Morgan fingerprint density at radius 2 is 2.00 bits per heavy atom. The summed E-state index contributed by atoms with van der Waals surface area (Å²) in [6, 6.07) is 8.47. The maximum Gasteiger partial charge on any atom is 0.326 e.